The van der Waals surface area contributed by atoms with Crippen LogP contribution in [0.3, 0.4) is 0 Å². The quantitative estimate of drug-likeness (QED) is 0.756. The zero-order valence-electron chi connectivity index (χ0n) is 16.1. The Kier molecular flexibility index (Phi) is 4.64. The van der Waals surface area contributed by atoms with Crippen LogP contribution in [0, 0.1) is 23.7 Å². The van der Waals surface area contributed by atoms with Crippen LogP contribution in [-0.4, -0.2) is 45.8 Å². The Balaban J connectivity index is 1.21. The second kappa shape index (κ2) is 7.04. The van der Waals surface area contributed by atoms with Crippen molar-refractivity contribution in [1.82, 2.24) is 15.1 Å². The molecule has 1 saturated heterocycles. The number of rotatable bonds is 5. The summed E-state index contributed by atoms with van der Waals surface area (Å²) in [5.74, 6) is 3.00. The SMILES string of the molecule is NC(=O)[C@@H]1CCCN(C(=O)CSc2nnc(C34CC5CC(CC(C5)C3)C4)o2)C1. The fourth-order valence-corrected chi connectivity index (χ4v) is 7.17. The molecule has 152 valence electrons. The van der Waals surface area contributed by atoms with Crippen LogP contribution in [0.2, 0.25) is 0 Å². The zero-order valence-corrected chi connectivity index (χ0v) is 17.0. The minimum absolute atomic E-state index is 0.00510. The minimum Gasteiger partial charge on any atom is -0.415 e. The lowest BCUT2D eigenvalue weighted by Gasteiger charge is -2.55. The van der Waals surface area contributed by atoms with Crippen LogP contribution in [0.5, 0.6) is 0 Å². The monoisotopic (exact) mass is 404 g/mol. The van der Waals surface area contributed by atoms with Crippen molar-refractivity contribution in [3.05, 3.63) is 5.89 Å². The first-order valence-electron chi connectivity index (χ1n) is 10.5. The molecule has 0 radical (unpaired) electrons. The first kappa shape index (κ1) is 18.5. The van der Waals surface area contributed by atoms with E-state index >= 15 is 0 Å². The molecule has 1 atom stereocenters. The fraction of sp³-hybridized carbons (Fsp3) is 0.800. The summed E-state index contributed by atoms with van der Waals surface area (Å²) in [6.07, 6.45) is 9.29. The molecule has 2 amide bonds. The maximum absolute atomic E-state index is 12.5. The average molecular weight is 405 g/mol. The Morgan fingerprint density at radius 3 is 2.46 bits per heavy atom. The van der Waals surface area contributed by atoms with E-state index in [4.69, 9.17) is 10.2 Å². The minimum atomic E-state index is -0.317. The van der Waals surface area contributed by atoms with E-state index in [1.165, 1.54) is 50.3 Å². The number of carbonyl (C=O) groups is 2. The molecule has 28 heavy (non-hydrogen) atoms. The van der Waals surface area contributed by atoms with Gasteiger partial charge < -0.3 is 15.1 Å². The van der Waals surface area contributed by atoms with Crippen molar-refractivity contribution < 1.29 is 14.0 Å². The number of likely N-dealkylation sites (tertiary alicyclic amines) is 1. The smallest absolute Gasteiger partial charge is 0.277 e. The van der Waals surface area contributed by atoms with Crippen molar-refractivity contribution in [1.29, 1.82) is 0 Å². The lowest BCUT2D eigenvalue weighted by atomic mass is 9.49. The maximum atomic E-state index is 12.5. The second-order valence-electron chi connectivity index (χ2n) is 9.44. The van der Waals surface area contributed by atoms with Crippen molar-refractivity contribution >= 4 is 23.6 Å². The fourth-order valence-electron chi connectivity index (χ4n) is 6.51. The molecular formula is C20H28N4O3S. The number of hydrogen-bond donors (Lipinski definition) is 1. The van der Waals surface area contributed by atoms with Gasteiger partial charge in [0.25, 0.3) is 5.22 Å². The molecule has 4 aliphatic carbocycles. The van der Waals surface area contributed by atoms with Gasteiger partial charge in [-0.25, -0.2) is 0 Å². The van der Waals surface area contributed by atoms with Crippen molar-refractivity contribution in [2.24, 2.45) is 29.4 Å². The molecule has 1 aliphatic heterocycles. The number of primary amides is 1. The molecule has 0 spiro atoms. The Morgan fingerprint density at radius 2 is 1.82 bits per heavy atom. The number of aromatic nitrogens is 2. The number of thioether (sulfide) groups is 1. The van der Waals surface area contributed by atoms with Gasteiger partial charge in [0.1, 0.15) is 0 Å². The van der Waals surface area contributed by atoms with E-state index in [9.17, 15) is 9.59 Å². The van der Waals surface area contributed by atoms with E-state index in [1.807, 2.05) is 0 Å². The molecular weight excluding hydrogens is 376 g/mol. The van der Waals surface area contributed by atoms with Crippen molar-refractivity contribution in [3.8, 4) is 0 Å². The first-order valence-corrected chi connectivity index (χ1v) is 11.5. The van der Waals surface area contributed by atoms with Crippen molar-refractivity contribution in [2.75, 3.05) is 18.8 Å². The summed E-state index contributed by atoms with van der Waals surface area (Å²) < 4.78 is 6.06. The molecule has 1 aromatic rings. The predicted molar refractivity (Wildman–Crippen MR) is 103 cm³/mol. The standard InChI is InChI=1S/C20H28N4O3S/c21-17(26)15-2-1-3-24(10-15)16(25)11-28-19-23-22-18(27-19)20-7-12-4-13(8-20)6-14(5-12)9-20/h12-15H,1-11H2,(H2,21,26)/t12?,13?,14?,15-,20?/m1/s1. The predicted octanol–water partition coefficient (Wildman–Crippen LogP) is 2.35. The van der Waals surface area contributed by atoms with Crippen LogP contribution in [0.4, 0.5) is 0 Å². The van der Waals surface area contributed by atoms with Gasteiger partial charge in [-0.2, -0.15) is 0 Å². The molecule has 2 N–H and O–H groups in total. The lowest BCUT2D eigenvalue weighted by Crippen LogP contribution is -2.48. The van der Waals surface area contributed by atoms with Crippen LogP contribution < -0.4 is 5.73 Å². The molecule has 0 aromatic carbocycles. The molecule has 8 heteroatoms. The number of hydrogen-bond acceptors (Lipinski definition) is 6. The first-order chi connectivity index (χ1) is 13.5. The molecule has 4 bridgehead atoms. The second-order valence-corrected chi connectivity index (χ2v) is 10.4. The number of nitrogens with zero attached hydrogens (tertiary/aromatic N) is 3. The van der Waals surface area contributed by atoms with E-state index in [0.717, 1.165) is 36.5 Å². The summed E-state index contributed by atoms with van der Waals surface area (Å²) in [5.41, 5.74) is 5.50. The van der Waals surface area contributed by atoms with E-state index in [-0.39, 0.29) is 28.9 Å². The molecule has 4 saturated carbocycles. The van der Waals surface area contributed by atoms with Crippen molar-refractivity contribution in [3.63, 3.8) is 0 Å². The normalized spacial score (nSPS) is 36.6. The van der Waals surface area contributed by atoms with Gasteiger partial charge in [0, 0.05) is 18.5 Å². The molecule has 5 fully saturated rings. The molecule has 0 unspecified atom stereocenters. The highest BCUT2D eigenvalue weighted by Crippen LogP contribution is 2.60. The summed E-state index contributed by atoms with van der Waals surface area (Å²) in [4.78, 5) is 25.7. The van der Waals surface area contributed by atoms with Crippen LogP contribution in [0.25, 0.3) is 0 Å². The highest BCUT2D eigenvalue weighted by atomic mass is 32.2. The summed E-state index contributed by atoms with van der Waals surface area (Å²) in [6.45, 7) is 1.11. The number of amides is 2. The highest BCUT2D eigenvalue weighted by molar-refractivity contribution is 7.99. The van der Waals surface area contributed by atoms with Gasteiger partial charge in [-0.15, -0.1) is 10.2 Å². The Morgan fingerprint density at radius 1 is 1.14 bits per heavy atom. The van der Waals surface area contributed by atoms with Gasteiger partial charge in [0.2, 0.25) is 17.7 Å². The molecule has 5 aliphatic rings. The van der Waals surface area contributed by atoms with Gasteiger partial charge in [-0.3, -0.25) is 9.59 Å². The molecule has 2 heterocycles. The largest absolute Gasteiger partial charge is 0.415 e. The number of nitrogens with two attached hydrogens (primary N) is 1. The number of carbonyl (C=O) groups excluding carboxylic acids is 2. The topological polar surface area (TPSA) is 102 Å². The van der Waals surface area contributed by atoms with E-state index in [2.05, 4.69) is 10.2 Å². The third kappa shape index (κ3) is 3.33. The van der Waals surface area contributed by atoms with Crippen LogP contribution in [-0.2, 0) is 15.0 Å². The Bertz CT molecular complexity index is 744. The molecule has 7 nitrogen and oxygen atoms in total. The van der Waals surface area contributed by atoms with Crippen molar-refractivity contribution in [2.45, 2.75) is 62.0 Å². The Labute approximate surface area is 169 Å². The van der Waals surface area contributed by atoms with Gasteiger partial charge in [-0.05, 0) is 69.1 Å². The van der Waals surface area contributed by atoms with Crippen LogP contribution in [0.1, 0.15) is 57.3 Å². The third-order valence-corrected chi connectivity index (χ3v) is 8.20. The molecule has 6 rings (SSSR count). The highest BCUT2D eigenvalue weighted by Gasteiger charge is 2.54. The summed E-state index contributed by atoms with van der Waals surface area (Å²) in [7, 11) is 0. The lowest BCUT2D eigenvalue weighted by molar-refractivity contribution is -0.132. The average Bonchev–Trinajstić information content (AvgIpc) is 3.15. The summed E-state index contributed by atoms with van der Waals surface area (Å²) in [5, 5.41) is 9.13. The van der Waals surface area contributed by atoms with E-state index in [0.29, 0.717) is 18.3 Å². The van der Waals surface area contributed by atoms with Gasteiger partial charge >= 0.3 is 0 Å². The molecule has 1 aromatic heterocycles. The van der Waals surface area contributed by atoms with Gasteiger partial charge in [-0.1, -0.05) is 11.8 Å². The van der Waals surface area contributed by atoms with Gasteiger partial charge in [0.15, 0.2) is 0 Å². The Hall–Kier alpha value is -1.57. The van der Waals surface area contributed by atoms with Crippen LogP contribution in [0.15, 0.2) is 9.64 Å². The summed E-state index contributed by atoms with van der Waals surface area (Å²) in [6, 6.07) is 0. The third-order valence-electron chi connectivity index (χ3n) is 7.39. The van der Waals surface area contributed by atoms with E-state index < -0.39 is 0 Å². The van der Waals surface area contributed by atoms with E-state index in [1.54, 1.807) is 4.90 Å². The number of piperidine rings is 1. The van der Waals surface area contributed by atoms with Crippen LogP contribution >= 0.6 is 11.8 Å². The maximum Gasteiger partial charge on any atom is 0.277 e. The van der Waals surface area contributed by atoms with Gasteiger partial charge in [0.05, 0.1) is 11.7 Å². The zero-order chi connectivity index (χ0) is 19.3. The summed E-state index contributed by atoms with van der Waals surface area (Å²) >= 11 is 1.31.